The van der Waals surface area contributed by atoms with Gasteiger partial charge in [-0.2, -0.15) is 0 Å². The minimum Gasteiger partial charge on any atom is -0.480 e. The van der Waals surface area contributed by atoms with Gasteiger partial charge in [-0.05, 0) is 24.8 Å². The van der Waals surface area contributed by atoms with Gasteiger partial charge in [0.25, 0.3) is 0 Å². The summed E-state index contributed by atoms with van der Waals surface area (Å²) in [6, 6.07) is 0. The van der Waals surface area contributed by atoms with Crippen molar-refractivity contribution in [3.05, 3.63) is 0 Å². The van der Waals surface area contributed by atoms with Crippen LogP contribution in [0.15, 0.2) is 0 Å². The Hall–Kier alpha value is -0.570. The van der Waals surface area contributed by atoms with Gasteiger partial charge in [0.2, 0.25) is 0 Å². The Morgan fingerprint density at radius 3 is 2.75 bits per heavy atom. The van der Waals surface area contributed by atoms with Gasteiger partial charge in [0, 0.05) is 6.54 Å². The van der Waals surface area contributed by atoms with Crippen molar-refractivity contribution < 1.29 is 9.90 Å². The van der Waals surface area contributed by atoms with E-state index in [2.05, 4.69) is 13.8 Å². The number of carbonyl (C=O) groups is 1. The molecule has 70 valence electrons. The molecule has 3 nitrogen and oxygen atoms in total. The van der Waals surface area contributed by atoms with Crippen LogP contribution >= 0.6 is 0 Å². The van der Waals surface area contributed by atoms with Crippen LogP contribution in [0.2, 0.25) is 0 Å². The second-order valence-electron chi connectivity index (χ2n) is 4.02. The zero-order chi connectivity index (χ0) is 9.19. The topological polar surface area (TPSA) is 40.5 Å². The highest BCUT2D eigenvalue weighted by Crippen LogP contribution is 2.32. The monoisotopic (exact) mass is 171 g/mol. The Bertz CT molecular complexity index is 181. The van der Waals surface area contributed by atoms with E-state index in [-0.39, 0.29) is 6.54 Å². The van der Waals surface area contributed by atoms with E-state index in [1.807, 2.05) is 4.90 Å². The van der Waals surface area contributed by atoms with E-state index >= 15 is 0 Å². The second kappa shape index (κ2) is 3.44. The first-order valence-corrected chi connectivity index (χ1v) is 4.50. The van der Waals surface area contributed by atoms with Gasteiger partial charge in [-0.15, -0.1) is 0 Å². The van der Waals surface area contributed by atoms with Gasteiger partial charge in [-0.3, -0.25) is 9.69 Å². The molecule has 0 bridgehead atoms. The Morgan fingerprint density at radius 2 is 2.33 bits per heavy atom. The highest BCUT2D eigenvalue weighted by atomic mass is 16.4. The quantitative estimate of drug-likeness (QED) is 0.693. The molecule has 0 spiro atoms. The lowest BCUT2D eigenvalue weighted by atomic mass is 9.87. The fraction of sp³-hybridized carbons (Fsp3) is 0.889. The maximum Gasteiger partial charge on any atom is 0.317 e. The molecule has 12 heavy (non-hydrogen) atoms. The van der Waals surface area contributed by atoms with Crippen molar-refractivity contribution in [3.8, 4) is 0 Å². The van der Waals surface area contributed by atoms with Crippen molar-refractivity contribution in [2.75, 3.05) is 19.6 Å². The molecule has 1 aliphatic rings. The van der Waals surface area contributed by atoms with Gasteiger partial charge < -0.3 is 5.11 Å². The smallest absolute Gasteiger partial charge is 0.317 e. The number of likely N-dealkylation sites (tertiary alicyclic amines) is 1. The number of rotatable bonds is 3. The van der Waals surface area contributed by atoms with Crippen LogP contribution in [0, 0.1) is 5.41 Å². The van der Waals surface area contributed by atoms with Crippen molar-refractivity contribution in [2.45, 2.75) is 26.7 Å². The molecule has 0 amide bonds. The summed E-state index contributed by atoms with van der Waals surface area (Å²) in [4.78, 5) is 12.4. The first kappa shape index (κ1) is 9.52. The molecule has 1 rings (SSSR count). The van der Waals surface area contributed by atoms with E-state index in [0.717, 1.165) is 25.9 Å². The molecule has 0 aromatic rings. The SMILES string of the molecule is CCC1(C)CCN(CC(=O)O)C1. The third-order valence-corrected chi connectivity index (χ3v) is 2.85. The summed E-state index contributed by atoms with van der Waals surface area (Å²) in [7, 11) is 0. The van der Waals surface area contributed by atoms with Crippen molar-refractivity contribution in [1.29, 1.82) is 0 Å². The van der Waals surface area contributed by atoms with Crippen LogP contribution in [-0.4, -0.2) is 35.6 Å². The summed E-state index contributed by atoms with van der Waals surface area (Å²) < 4.78 is 0. The molecule has 1 unspecified atom stereocenters. The average Bonchev–Trinajstić information content (AvgIpc) is 2.32. The van der Waals surface area contributed by atoms with Gasteiger partial charge in [-0.25, -0.2) is 0 Å². The van der Waals surface area contributed by atoms with Crippen molar-refractivity contribution in [1.82, 2.24) is 4.90 Å². The summed E-state index contributed by atoms with van der Waals surface area (Å²) in [5.74, 6) is -0.713. The van der Waals surface area contributed by atoms with E-state index in [0.29, 0.717) is 5.41 Å². The number of carboxylic acids is 1. The molecule has 1 atom stereocenters. The maximum absolute atomic E-state index is 10.4. The van der Waals surface area contributed by atoms with Gasteiger partial charge in [0.1, 0.15) is 0 Å². The number of hydrogen-bond donors (Lipinski definition) is 1. The zero-order valence-electron chi connectivity index (χ0n) is 7.84. The first-order chi connectivity index (χ1) is 5.56. The van der Waals surface area contributed by atoms with Crippen LogP contribution < -0.4 is 0 Å². The molecule has 1 saturated heterocycles. The van der Waals surface area contributed by atoms with Crippen LogP contribution in [0.25, 0.3) is 0 Å². The Kier molecular flexibility index (Phi) is 2.73. The molecular formula is C9H17NO2. The van der Waals surface area contributed by atoms with Crippen molar-refractivity contribution in [2.24, 2.45) is 5.41 Å². The predicted molar refractivity (Wildman–Crippen MR) is 47.1 cm³/mol. The minimum atomic E-state index is -0.713. The standard InChI is InChI=1S/C9H17NO2/c1-3-9(2)4-5-10(7-9)6-8(11)12/h3-7H2,1-2H3,(H,11,12). The predicted octanol–water partition coefficient (Wildman–Crippen LogP) is 1.19. The van der Waals surface area contributed by atoms with E-state index in [4.69, 9.17) is 5.11 Å². The van der Waals surface area contributed by atoms with Gasteiger partial charge in [0.15, 0.2) is 0 Å². The summed E-state index contributed by atoms with van der Waals surface area (Å²) in [6.45, 7) is 6.49. The van der Waals surface area contributed by atoms with Crippen LogP contribution in [0.1, 0.15) is 26.7 Å². The lowest BCUT2D eigenvalue weighted by Crippen LogP contribution is -2.29. The third-order valence-electron chi connectivity index (χ3n) is 2.85. The molecule has 1 fully saturated rings. The first-order valence-electron chi connectivity index (χ1n) is 4.50. The molecule has 0 aromatic carbocycles. The largest absolute Gasteiger partial charge is 0.480 e. The molecule has 1 heterocycles. The van der Waals surface area contributed by atoms with Crippen LogP contribution in [0.3, 0.4) is 0 Å². The Labute approximate surface area is 73.4 Å². The fourth-order valence-electron chi connectivity index (χ4n) is 1.74. The lowest BCUT2D eigenvalue weighted by Gasteiger charge is -2.21. The lowest BCUT2D eigenvalue weighted by molar-refractivity contribution is -0.138. The van der Waals surface area contributed by atoms with Crippen LogP contribution in [0.4, 0.5) is 0 Å². The number of aliphatic carboxylic acids is 1. The summed E-state index contributed by atoms with van der Waals surface area (Å²) in [5, 5.41) is 8.58. The van der Waals surface area contributed by atoms with E-state index in [9.17, 15) is 4.79 Å². The Balaban J connectivity index is 2.40. The molecule has 0 aliphatic carbocycles. The number of hydrogen-bond acceptors (Lipinski definition) is 2. The highest BCUT2D eigenvalue weighted by molar-refractivity contribution is 5.69. The maximum atomic E-state index is 10.4. The third kappa shape index (κ3) is 2.21. The molecule has 1 aliphatic heterocycles. The number of carboxylic acid groups (broad SMARTS) is 1. The zero-order valence-corrected chi connectivity index (χ0v) is 7.84. The van der Waals surface area contributed by atoms with E-state index in [1.165, 1.54) is 0 Å². The van der Waals surface area contributed by atoms with E-state index in [1.54, 1.807) is 0 Å². The normalized spacial score (nSPS) is 30.8. The van der Waals surface area contributed by atoms with Crippen LogP contribution in [-0.2, 0) is 4.79 Å². The van der Waals surface area contributed by atoms with Gasteiger partial charge >= 0.3 is 5.97 Å². The van der Waals surface area contributed by atoms with Gasteiger partial charge in [0.05, 0.1) is 6.54 Å². The Morgan fingerprint density at radius 1 is 1.67 bits per heavy atom. The van der Waals surface area contributed by atoms with Gasteiger partial charge in [-0.1, -0.05) is 13.8 Å². The molecule has 1 N–H and O–H groups in total. The van der Waals surface area contributed by atoms with Crippen LogP contribution in [0.5, 0.6) is 0 Å². The molecule has 0 saturated carbocycles. The summed E-state index contributed by atoms with van der Waals surface area (Å²) >= 11 is 0. The van der Waals surface area contributed by atoms with E-state index < -0.39 is 5.97 Å². The molecule has 3 heteroatoms. The molecule has 0 radical (unpaired) electrons. The number of nitrogens with zero attached hydrogens (tertiary/aromatic N) is 1. The highest BCUT2D eigenvalue weighted by Gasteiger charge is 2.32. The molecule has 0 aromatic heterocycles. The van der Waals surface area contributed by atoms with Crippen molar-refractivity contribution >= 4 is 5.97 Å². The summed E-state index contributed by atoms with van der Waals surface area (Å²) in [5.41, 5.74) is 0.357. The fourth-order valence-corrected chi connectivity index (χ4v) is 1.74. The second-order valence-corrected chi connectivity index (χ2v) is 4.02. The summed E-state index contributed by atoms with van der Waals surface area (Å²) in [6.07, 6.45) is 2.28. The minimum absolute atomic E-state index is 0.204. The average molecular weight is 171 g/mol. The van der Waals surface area contributed by atoms with Crippen molar-refractivity contribution in [3.63, 3.8) is 0 Å². The molecular weight excluding hydrogens is 154 g/mol.